The predicted octanol–water partition coefficient (Wildman–Crippen LogP) is 3.26. The van der Waals surface area contributed by atoms with Gasteiger partial charge in [0.05, 0.1) is 6.26 Å². The van der Waals surface area contributed by atoms with Crippen LogP contribution in [-0.4, -0.2) is 14.6 Å². The Balaban J connectivity index is 1.75. The van der Waals surface area contributed by atoms with Crippen LogP contribution in [0.3, 0.4) is 0 Å². The summed E-state index contributed by atoms with van der Waals surface area (Å²) in [6, 6.07) is 11.8. The van der Waals surface area contributed by atoms with Crippen molar-refractivity contribution in [1.82, 2.24) is 14.6 Å². The second-order valence-corrected chi connectivity index (χ2v) is 7.90. The van der Waals surface area contributed by atoms with Crippen molar-refractivity contribution in [2.45, 2.75) is 26.2 Å². The van der Waals surface area contributed by atoms with Gasteiger partial charge in [0, 0.05) is 11.6 Å². The van der Waals surface area contributed by atoms with Crippen molar-refractivity contribution in [3.8, 4) is 11.4 Å². The van der Waals surface area contributed by atoms with Gasteiger partial charge in [-0.05, 0) is 23.1 Å². The number of aromatic nitrogens is 3. The Morgan fingerprint density at radius 2 is 1.92 bits per heavy atom. The fourth-order valence-electron chi connectivity index (χ4n) is 2.58. The molecule has 0 saturated carbocycles. The maximum atomic E-state index is 12.5. The van der Waals surface area contributed by atoms with Gasteiger partial charge in [-0.25, -0.2) is 0 Å². The summed E-state index contributed by atoms with van der Waals surface area (Å²) >= 11 is 1.31. The van der Waals surface area contributed by atoms with E-state index in [1.807, 2.05) is 12.1 Å². The van der Waals surface area contributed by atoms with Crippen LogP contribution in [0, 0.1) is 0 Å². The SMILES string of the molecule is CC(C)(C)c1ccc(-c2nc3s/c(=C\c4ccco4)c(=O)n3n2)cc1. The Morgan fingerprint density at radius 3 is 2.52 bits per heavy atom. The summed E-state index contributed by atoms with van der Waals surface area (Å²) in [5.74, 6) is 1.20. The number of thiazole rings is 1. The van der Waals surface area contributed by atoms with E-state index < -0.39 is 0 Å². The van der Waals surface area contributed by atoms with Gasteiger partial charge in [-0.2, -0.15) is 9.50 Å². The molecule has 0 N–H and O–H groups in total. The third-order valence-corrected chi connectivity index (χ3v) is 4.97. The Hall–Kier alpha value is -2.73. The first-order chi connectivity index (χ1) is 11.9. The summed E-state index contributed by atoms with van der Waals surface area (Å²) in [5.41, 5.74) is 2.07. The standard InChI is InChI=1S/C19H17N3O2S/c1-19(2,3)13-8-6-12(7-9-13)16-20-18-22(21-16)17(23)15(25-18)11-14-5-4-10-24-14/h4-11H,1-3H3/b15-11-. The highest BCUT2D eigenvalue weighted by molar-refractivity contribution is 7.15. The summed E-state index contributed by atoms with van der Waals surface area (Å²) in [6.45, 7) is 6.52. The van der Waals surface area contributed by atoms with Gasteiger partial charge < -0.3 is 4.42 Å². The second-order valence-electron chi connectivity index (χ2n) is 6.89. The summed E-state index contributed by atoms with van der Waals surface area (Å²) < 4.78 is 7.17. The third kappa shape index (κ3) is 2.89. The van der Waals surface area contributed by atoms with E-state index in [0.717, 1.165) is 5.56 Å². The Morgan fingerprint density at radius 1 is 1.16 bits per heavy atom. The molecule has 0 spiro atoms. The van der Waals surface area contributed by atoms with Gasteiger partial charge >= 0.3 is 0 Å². The van der Waals surface area contributed by atoms with Crippen LogP contribution in [0.25, 0.3) is 22.4 Å². The van der Waals surface area contributed by atoms with Crippen LogP contribution in [0.5, 0.6) is 0 Å². The molecule has 0 amide bonds. The van der Waals surface area contributed by atoms with Crippen molar-refractivity contribution < 1.29 is 4.42 Å². The molecule has 0 bridgehead atoms. The molecule has 25 heavy (non-hydrogen) atoms. The van der Waals surface area contributed by atoms with Crippen LogP contribution >= 0.6 is 11.3 Å². The highest BCUT2D eigenvalue weighted by atomic mass is 32.1. The summed E-state index contributed by atoms with van der Waals surface area (Å²) in [6.07, 6.45) is 3.29. The van der Waals surface area contributed by atoms with Crippen molar-refractivity contribution in [3.05, 3.63) is 68.9 Å². The molecule has 0 unspecified atom stereocenters. The number of hydrogen-bond donors (Lipinski definition) is 0. The molecule has 0 fully saturated rings. The first-order valence-corrected chi connectivity index (χ1v) is 8.79. The molecule has 1 aromatic carbocycles. The summed E-state index contributed by atoms with van der Waals surface area (Å²) in [7, 11) is 0. The van der Waals surface area contributed by atoms with Gasteiger partial charge in [0.1, 0.15) is 10.3 Å². The van der Waals surface area contributed by atoms with Crippen LogP contribution in [-0.2, 0) is 5.41 Å². The molecule has 3 heterocycles. The minimum atomic E-state index is -0.179. The van der Waals surface area contributed by atoms with Gasteiger partial charge in [-0.15, -0.1) is 5.10 Å². The highest BCUT2D eigenvalue weighted by Crippen LogP contribution is 2.25. The fourth-order valence-corrected chi connectivity index (χ4v) is 3.47. The largest absolute Gasteiger partial charge is 0.465 e. The van der Waals surface area contributed by atoms with E-state index in [1.54, 1.807) is 24.5 Å². The lowest BCUT2D eigenvalue weighted by atomic mass is 9.87. The smallest absolute Gasteiger partial charge is 0.291 e. The van der Waals surface area contributed by atoms with Crippen molar-refractivity contribution in [3.63, 3.8) is 0 Å². The number of fused-ring (bicyclic) bond motifs is 1. The third-order valence-electron chi connectivity index (χ3n) is 4.01. The number of furan rings is 1. The molecule has 0 aliphatic carbocycles. The average molecular weight is 351 g/mol. The molecular formula is C19H17N3O2S. The highest BCUT2D eigenvalue weighted by Gasteiger charge is 2.15. The lowest BCUT2D eigenvalue weighted by Crippen LogP contribution is -2.23. The van der Waals surface area contributed by atoms with E-state index in [4.69, 9.17) is 4.42 Å². The van der Waals surface area contributed by atoms with Crippen LogP contribution < -0.4 is 10.1 Å². The minimum absolute atomic E-state index is 0.0965. The maximum Gasteiger partial charge on any atom is 0.291 e. The van der Waals surface area contributed by atoms with E-state index >= 15 is 0 Å². The van der Waals surface area contributed by atoms with Crippen molar-refractivity contribution in [2.75, 3.05) is 0 Å². The zero-order chi connectivity index (χ0) is 17.6. The van der Waals surface area contributed by atoms with Gasteiger partial charge in [0.25, 0.3) is 5.56 Å². The molecule has 4 aromatic rings. The second kappa shape index (κ2) is 5.67. The van der Waals surface area contributed by atoms with Gasteiger partial charge in [0.15, 0.2) is 5.82 Å². The number of nitrogens with zero attached hydrogens (tertiary/aromatic N) is 3. The van der Waals surface area contributed by atoms with Crippen molar-refractivity contribution in [2.24, 2.45) is 0 Å². The van der Waals surface area contributed by atoms with Crippen LogP contribution in [0.1, 0.15) is 32.1 Å². The Kier molecular flexibility index (Phi) is 3.58. The van der Waals surface area contributed by atoms with Crippen LogP contribution in [0.2, 0.25) is 0 Å². The Bertz CT molecular complexity index is 1130. The quantitative estimate of drug-likeness (QED) is 0.556. The monoisotopic (exact) mass is 351 g/mol. The minimum Gasteiger partial charge on any atom is -0.465 e. The molecule has 3 aromatic heterocycles. The van der Waals surface area contributed by atoms with Gasteiger partial charge in [-0.3, -0.25) is 4.79 Å². The number of rotatable bonds is 2. The predicted molar refractivity (Wildman–Crippen MR) is 98.8 cm³/mol. The first-order valence-electron chi connectivity index (χ1n) is 7.97. The number of benzene rings is 1. The zero-order valence-electron chi connectivity index (χ0n) is 14.2. The molecule has 6 heteroatoms. The van der Waals surface area contributed by atoms with Crippen LogP contribution in [0.15, 0.2) is 51.9 Å². The molecule has 0 aliphatic rings. The molecule has 126 valence electrons. The van der Waals surface area contributed by atoms with E-state index in [9.17, 15) is 4.79 Å². The zero-order valence-corrected chi connectivity index (χ0v) is 15.0. The number of hydrogen-bond acceptors (Lipinski definition) is 5. The molecule has 5 nitrogen and oxygen atoms in total. The molecule has 0 atom stereocenters. The van der Waals surface area contributed by atoms with E-state index in [-0.39, 0.29) is 11.0 Å². The summed E-state index contributed by atoms with van der Waals surface area (Å²) in [5, 5.41) is 4.38. The normalized spacial score (nSPS) is 13.0. The van der Waals surface area contributed by atoms with Gasteiger partial charge in [-0.1, -0.05) is 56.4 Å². The average Bonchev–Trinajstić information content (AvgIpc) is 3.27. The Labute approximate surface area is 148 Å². The molecule has 0 radical (unpaired) electrons. The lowest BCUT2D eigenvalue weighted by Gasteiger charge is -2.18. The van der Waals surface area contributed by atoms with E-state index in [2.05, 4.69) is 43.0 Å². The van der Waals surface area contributed by atoms with Crippen molar-refractivity contribution >= 4 is 22.4 Å². The molecule has 4 rings (SSSR count). The fraction of sp³-hybridized carbons (Fsp3) is 0.211. The first kappa shape index (κ1) is 15.8. The van der Waals surface area contributed by atoms with E-state index in [0.29, 0.717) is 21.1 Å². The molecule has 0 aliphatic heterocycles. The van der Waals surface area contributed by atoms with Crippen LogP contribution in [0.4, 0.5) is 0 Å². The lowest BCUT2D eigenvalue weighted by molar-refractivity contribution is 0.556. The van der Waals surface area contributed by atoms with Crippen molar-refractivity contribution in [1.29, 1.82) is 0 Å². The molecule has 0 saturated heterocycles. The summed E-state index contributed by atoms with van der Waals surface area (Å²) in [4.78, 5) is 17.6. The molecular weight excluding hydrogens is 334 g/mol. The van der Waals surface area contributed by atoms with Gasteiger partial charge in [0.2, 0.25) is 4.96 Å². The maximum absolute atomic E-state index is 12.5. The van der Waals surface area contributed by atoms with E-state index in [1.165, 1.54) is 21.4 Å². The topological polar surface area (TPSA) is 60.4 Å².